The molecule has 0 spiro atoms. The van der Waals surface area contributed by atoms with E-state index in [0.717, 1.165) is 11.3 Å². The molecule has 7 heteroatoms. The highest BCUT2D eigenvalue weighted by molar-refractivity contribution is 7.17. The van der Waals surface area contributed by atoms with Gasteiger partial charge in [-0.2, -0.15) is 4.98 Å². The summed E-state index contributed by atoms with van der Waals surface area (Å²) >= 11 is 0.837. The molecule has 0 aromatic carbocycles. The van der Waals surface area contributed by atoms with Crippen molar-refractivity contribution in [3.63, 3.8) is 0 Å². The number of thiazole rings is 1. The molecule has 1 rings (SSSR count). The number of hydrogen-bond donors (Lipinski definition) is 1. The smallest absolute Gasteiger partial charge is 0.370 e. The van der Waals surface area contributed by atoms with E-state index in [4.69, 9.17) is 10.5 Å². The van der Waals surface area contributed by atoms with Crippen molar-refractivity contribution in [2.75, 3.05) is 5.73 Å². The van der Waals surface area contributed by atoms with Crippen LogP contribution in [0.1, 0.15) is 20.8 Å². The molecule has 0 radical (unpaired) electrons. The third-order valence-corrected chi connectivity index (χ3v) is 2.07. The van der Waals surface area contributed by atoms with Crippen molar-refractivity contribution < 1.29 is 9.66 Å². The molecular formula is C7H11N3O3S. The van der Waals surface area contributed by atoms with Crippen LogP contribution in [0.3, 0.4) is 0 Å². The summed E-state index contributed by atoms with van der Waals surface area (Å²) in [4.78, 5) is 13.6. The van der Waals surface area contributed by atoms with E-state index in [1.165, 1.54) is 0 Å². The molecule has 78 valence electrons. The first kappa shape index (κ1) is 10.7. The zero-order chi connectivity index (χ0) is 10.9. The summed E-state index contributed by atoms with van der Waals surface area (Å²) in [6.45, 7) is 5.49. The van der Waals surface area contributed by atoms with E-state index in [1.807, 2.05) is 20.8 Å². The minimum absolute atomic E-state index is 0.0979. The highest BCUT2D eigenvalue weighted by Crippen LogP contribution is 2.35. The molecule has 0 saturated carbocycles. The average molecular weight is 217 g/mol. The van der Waals surface area contributed by atoms with Crippen molar-refractivity contribution in [3.8, 4) is 5.19 Å². The summed E-state index contributed by atoms with van der Waals surface area (Å²) in [7, 11) is 0. The normalized spacial score (nSPS) is 11.4. The zero-order valence-electron chi connectivity index (χ0n) is 8.10. The van der Waals surface area contributed by atoms with Gasteiger partial charge in [-0.25, -0.2) is 0 Å². The van der Waals surface area contributed by atoms with Gasteiger partial charge in [0, 0.05) is 0 Å². The van der Waals surface area contributed by atoms with Crippen molar-refractivity contribution in [1.82, 2.24) is 4.98 Å². The Kier molecular flexibility index (Phi) is 2.61. The van der Waals surface area contributed by atoms with Crippen LogP contribution in [0.4, 0.5) is 10.8 Å². The molecule has 0 bridgehead atoms. The maximum absolute atomic E-state index is 10.4. The van der Waals surface area contributed by atoms with Crippen LogP contribution in [0.25, 0.3) is 0 Å². The van der Waals surface area contributed by atoms with Crippen molar-refractivity contribution in [1.29, 1.82) is 0 Å². The number of ether oxygens (including phenoxy) is 1. The SMILES string of the molecule is CC(C)(C)Oc1nc(N)c([N+](=O)[O-])s1. The Morgan fingerprint density at radius 3 is 2.50 bits per heavy atom. The number of hydrogen-bond acceptors (Lipinski definition) is 6. The van der Waals surface area contributed by atoms with Crippen molar-refractivity contribution in [2.45, 2.75) is 26.4 Å². The van der Waals surface area contributed by atoms with Gasteiger partial charge in [0.25, 0.3) is 5.19 Å². The summed E-state index contributed by atoms with van der Waals surface area (Å²) in [6, 6.07) is 0. The van der Waals surface area contributed by atoms with Crippen molar-refractivity contribution in [2.24, 2.45) is 0 Å². The molecule has 0 fully saturated rings. The first-order valence-electron chi connectivity index (χ1n) is 3.89. The highest BCUT2D eigenvalue weighted by Gasteiger charge is 2.22. The van der Waals surface area contributed by atoms with E-state index in [9.17, 15) is 10.1 Å². The minimum atomic E-state index is -0.567. The lowest BCUT2D eigenvalue weighted by molar-refractivity contribution is -0.379. The summed E-state index contributed by atoms with van der Waals surface area (Å²) in [6.07, 6.45) is 0. The number of aromatic nitrogens is 1. The van der Waals surface area contributed by atoms with E-state index in [-0.39, 0.29) is 16.0 Å². The fourth-order valence-electron chi connectivity index (χ4n) is 0.740. The van der Waals surface area contributed by atoms with E-state index >= 15 is 0 Å². The third-order valence-electron chi connectivity index (χ3n) is 1.17. The molecule has 0 unspecified atom stereocenters. The molecule has 0 atom stereocenters. The summed E-state index contributed by atoms with van der Waals surface area (Å²) in [5, 5.41) is 10.5. The molecule has 2 N–H and O–H groups in total. The monoisotopic (exact) mass is 217 g/mol. The predicted octanol–water partition coefficient (Wildman–Crippen LogP) is 1.81. The van der Waals surface area contributed by atoms with Crippen molar-refractivity contribution in [3.05, 3.63) is 10.1 Å². The number of rotatable bonds is 2. The molecule has 1 heterocycles. The summed E-state index contributed by atoms with van der Waals surface area (Å²) < 4.78 is 5.34. The van der Waals surface area contributed by atoms with Gasteiger partial charge in [0.1, 0.15) is 5.60 Å². The van der Waals surface area contributed by atoms with Crippen LogP contribution < -0.4 is 10.5 Å². The van der Waals surface area contributed by atoms with Crippen LogP contribution in [0, 0.1) is 10.1 Å². The van der Waals surface area contributed by atoms with Gasteiger partial charge in [0.2, 0.25) is 5.82 Å². The minimum Gasteiger partial charge on any atom is -0.464 e. The second-order valence-corrected chi connectivity index (χ2v) is 4.58. The predicted molar refractivity (Wildman–Crippen MR) is 53.6 cm³/mol. The van der Waals surface area contributed by atoms with Gasteiger partial charge in [0.15, 0.2) is 0 Å². The highest BCUT2D eigenvalue weighted by atomic mass is 32.1. The average Bonchev–Trinajstić information content (AvgIpc) is 2.26. The van der Waals surface area contributed by atoms with Gasteiger partial charge in [0.05, 0.1) is 4.92 Å². The third kappa shape index (κ3) is 2.56. The first-order valence-corrected chi connectivity index (χ1v) is 4.71. The Balaban J connectivity index is 2.92. The molecule has 0 saturated heterocycles. The Labute approximate surface area is 84.9 Å². The van der Waals surface area contributed by atoms with Gasteiger partial charge in [-0.05, 0) is 32.1 Å². The Bertz CT molecular complexity index is 356. The lowest BCUT2D eigenvalue weighted by atomic mass is 10.2. The number of nitro groups is 1. The van der Waals surface area contributed by atoms with Crippen LogP contribution in [0.5, 0.6) is 5.19 Å². The molecule has 0 amide bonds. The Morgan fingerprint density at radius 1 is 1.57 bits per heavy atom. The number of nitrogen functional groups attached to an aromatic ring is 1. The first-order chi connectivity index (χ1) is 6.29. The molecule has 14 heavy (non-hydrogen) atoms. The summed E-state index contributed by atoms with van der Waals surface area (Å²) in [5.41, 5.74) is 4.91. The van der Waals surface area contributed by atoms with E-state index in [0.29, 0.717) is 0 Å². The molecular weight excluding hydrogens is 206 g/mol. The molecule has 0 aliphatic carbocycles. The second-order valence-electron chi connectivity index (χ2n) is 3.64. The molecule has 0 aliphatic heterocycles. The van der Waals surface area contributed by atoms with Gasteiger partial charge in [-0.3, -0.25) is 10.1 Å². The maximum Gasteiger partial charge on any atom is 0.370 e. The Hall–Kier alpha value is -1.37. The van der Waals surface area contributed by atoms with Gasteiger partial charge in [-0.1, -0.05) is 0 Å². The van der Waals surface area contributed by atoms with Crippen LogP contribution >= 0.6 is 11.3 Å². The van der Waals surface area contributed by atoms with Crippen LogP contribution in [-0.2, 0) is 0 Å². The van der Waals surface area contributed by atoms with E-state index < -0.39 is 10.5 Å². The Morgan fingerprint density at radius 2 is 2.14 bits per heavy atom. The van der Waals surface area contributed by atoms with Gasteiger partial charge in [-0.15, -0.1) is 0 Å². The van der Waals surface area contributed by atoms with Gasteiger partial charge < -0.3 is 10.5 Å². The zero-order valence-corrected chi connectivity index (χ0v) is 8.92. The number of nitrogens with zero attached hydrogens (tertiary/aromatic N) is 2. The second kappa shape index (κ2) is 3.41. The summed E-state index contributed by atoms with van der Waals surface area (Å²) in [5.74, 6) is -0.0979. The lowest BCUT2D eigenvalue weighted by Crippen LogP contribution is -2.22. The fourth-order valence-corrected chi connectivity index (χ4v) is 1.57. The van der Waals surface area contributed by atoms with Crippen LogP contribution in [-0.4, -0.2) is 15.5 Å². The van der Waals surface area contributed by atoms with Crippen LogP contribution in [0.15, 0.2) is 0 Å². The molecule has 1 aromatic heterocycles. The largest absolute Gasteiger partial charge is 0.464 e. The lowest BCUT2D eigenvalue weighted by Gasteiger charge is -2.17. The molecule has 1 aromatic rings. The number of anilines is 1. The van der Waals surface area contributed by atoms with E-state index in [2.05, 4.69) is 4.98 Å². The molecule has 6 nitrogen and oxygen atoms in total. The topological polar surface area (TPSA) is 91.3 Å². The fraction of sp³-hybridized carbons (Fsp3) is 0.571. The standard InChI is InChI=1S/C7H11N3O3S/c1-7(2,3)13-6-9-4(8)5(14-6)10(11)12/h8H2,1-3H3. The van der Waals surface area contributed by atoms with Crippen LogP contribution in [0.2, 0.25) is 0 Å². The quantitative estimate of drug-likeness (QED) is 0.602. The van der Waals surface area contributed by atoms with E-state index in [1.54, 1.807) is 0 Å². The molecule has 0 aliphatic rings. The number of nitrogens with two attached hydrogens (primary N) is 1. The van der Waals surface area contributed by atoms with Crippen molar-refractivity contribution >= 4 is 22.2 Å². The maximum atomic E-state index is 10.4. The van der Waals surface area contributed by atoms with Gasteiger partial charge >= 0.3 is 5.00 Å².